The van der Waals surface area contributed by atoms with E-state index in [2.05, 4.69) is 10.3 Å². The van der Waals surface area contributed by atoms with Crippen molar-refractivity contribution in [2.45, 2.75) is 19.4 Å². The highest BCUT2D eigenvalue weighted by Crippen LogP contribution is 2.18. The largest absolute Gasteiger partial charge is 0.481 e. The Morgan fingerprint density at radius 1 is 1.38 bits per heavy atom. The molecule has 21 heavy (non-hydrogen) atoms. The average molecular weight is 285 g/mol. The lowest BCUT2D eigenvalue weighted by Crippen LogP contribution is -2.27. The fourth-order valence-corrected chi connectivity index (χ4v) is 1.99. The second-order valence-corrected chi connectivity index (χ2v) is 4.82. The number of carbonyl (C=O) groups is 1. The predicted octanol–water partition coefficient (Wildman–Crippen LogP) is 2.09. The number of pyridine rings is 1. The quantitative estimate of drug-likeness (QED) is 0.825. The van der Waals surface area contributed by atoms with Crippen LogP contribution < -0.4 is 15.8 Å². The van der Waals surface area contributed by atoms with E-state index in [-0.39, 0.29) is 11.8 Å². The summed E-state index contributed by atoms with van der Waals surface area (Å²) < 4.78 is 5.05. The summed E-state index contributed by atoms with van der Waals surface area (Å²) in [5, 5.41) is 2.90. The van der Waals surface area contributed by atoms with Gasteiger partial charge in [0, 0.05) is 24.5 Å². The number of nitrogens with two attached hydrogens (primary N) is 1. The molecule has 0 fully saturated rings. The Morgan fingerprint density at radius 2 is 2.19 bits per heavy atom. The second-order valence-electron chi connectivity index (χ2n) is 4.82. The third-order valence-electron chi connectivity index (χ3n) is 3.28. The van der Waals surface area contributed by atoms with Crippen LogP contribution in [0.25, 0.3) is 0 Å². The molecule has 5 heteroatoms. The van der Waals surface area contributed by atoms with Gasteiger partial charge in [0.05, 0.1) is 13.0 Å². The molecule has 2 aromatic rings. The maximum atomic E-state index is 12.2. The highest BCUT2D eigenvalue weighted by molar-refractivity contribution is 5.83. The van der Waals surface area contributed by atoms with Crippen LogP contribution in [0.4, 0.5) is 5.69 Å². The maximum absolute atomic E-state index is 12.2. The summed E-state index contributed by atoms with van der Waals surface area (Å²) in [6.45, 7) is 2.29. The smallest absolute Gasteiger partial charge is 0.227 e. The van der Waals surface area contributed by atoms with Gasteiger partial charge in [0.15, 0.2) is 0 Å². The van der Waals surface area contributed by atoms with Gasteiger partial charge in [-0.1, -0.05) is 12.1 Å². The number of amides is 1. The van der Waals surface area contributed by atoms with Gasteiger partial charge in [-0.25, -0.2) is 4.98 Å². The topological polar surface area (TPSA) is 77.2 Å². The van der Waals surface area contributed by atoms with Crippen molar-refractivity contribution in [2.75, 3.05) is 12.8 Å². The lowest BCUT2D eigenvalue weighted by molar-refractivity contribution is -0.122. The lowest BCUT2D eigenvalue weighted by Gasteiger charge is -2.13. The molecule has 0 spiro atoms. The van der Waals surface area contributed by atoms with Gasteiger partial charge in [0.1, 0.15) is 0 Å². The van der Waals surface area contributed by atoms with Gasteiger partial charge in [-0.3, -0.25) is 4.79 Å². The van der Waals surface area contributed by atoms with Crippen molar-refractivity contribution in [3.63, 3.8) is 0 Å². The molecule has 1 aromatic carbocycles. The van der Waals surface area contributed by atoms with Crippen molar-refractivity contribution in [3.05, 3.63) is 53.7 Å². The number of nitrogens with one attached hydrogen (secondary N) is 1. The van der Waals surface area contributed by atoms with Gasteiger partial charge in [0.25, 0.3) is 0 Å². The van der Waals surface area contributed by atoms with Crippen molar-refractivity contribution >= 4 is 11.6 Å². The van der Waals surface area contributed by atoms with Gasteiger partial charge in [-0.15, -0.1) is 0 Å². The molecule has 2 rings (SSSR count). The summed E-state index contributed by atoms with van der Waals surface area (Å²) in [6, 6.07) is 11.0. The number of nitrogen functional groups attached to an aromatic ring is 1. The van der Waals surface area contributed by atoms with Crippen LogP contribution in [0.15, 0.2) is 42.6 Å². The SMILES string of the molecule is COc1cc(CNC(=O)C(C)c2cccc(N)c2)ccn1. The standard InChI is InChI=1S/C16H19N3O2/c1-11(13-4-3-5-14(17)9-13)16(20)19-10-12-6-7-18-15(8-12)21-2/h3-9,11H,10,17H2,1-2H3,(H,19,20). The van der Waals surface area contributed by atoms with E-state index in [0.717, 1.165) is 11.1 Å². The number of aromatic nitrogens is 1. The van der Waals surface area contributed by atoms with E-state index in [0.29, 0.717) is 18.1 Å². The first-order valence-electron chi connectivity index (χ1n) is 6.72. The van der Waals surface area contributed by atoms with Crippen LogP contribution in [0.1, 0.15) is 24.0 Å². The van der Waals surface area contributed by atoms with Gasteiger partial charge in [0.2, 0.25) is 11.8 Å². The van der Waals surface area contributed by atoms with E-state index < -0.39 is 0 Å². The molecule has 1 aromatic heterocycles. The van der Waals surface area contributed by atoms with E-state index in [1.165, 1.54) is 0 Å². The highest BCUT2D eigenvalue weighted by atomic mass is 16.5. The Kier molecular flexibility index (Phi) is 4.77. The van der Waals surface area contributed by atoms with Crippen LogP contribution in [-0.4, -0.2) is 18.0 Å². The predicted molar refractivity (Wildman–Crippen MR) is 81.9 cm³/mol. The summed E-state index contributed by atoms with van der Waals surface area (Å²) in [5.74, 6) is 0.235. The fraction of sp³-hybridized carbons (Fsp3) is 0.250. The molecule has 0 aliphatic carbocycles. The van der Waals surface area contributed by atoms with Crippen LogP contribution in [0.3, 0.4) is 0 Å². The van der Waals surface area contributed by atoms with Crippen molar-refractivity contribution in [1.29, 1.82) is 0 Å². The first-order valence-corrected chi connectivity index (χ1v) is 6.72. The molecule has 1 heterocycles. The van der Waals surface area contributed by atoms with Crippen LogP contribution in [0, 0.1) is 0 Å². The third kappa shape index (κ3) is 3.95. The first-order chi connectivity index (χ1) is 10.1. The third-order valence-corrected chi connectivity index (χ3v) is 3.28. The number of nitrogens with zero attached hydrogens (tertiary/aromatic N) is 1. The molecule has 5 nitrogen and oxygen atoms in total. The Balaban J connectivity index is 1.97. The Labute approximate surface area is 124 Å². The molecule has 0 bridgehead atoms. The fourth-order valence-electron chi connectivity index (χ4n) is 1.99. The number of carbonyl (C=O) groups excluding carboxylic acids is 1. The van der Waals surface area contributed by atoms with Gasteiger partial charge < -0.3 is 15.8 Å². The first kappa shape index (κ1) is 14.8. The van der Waals surface area contributed by atoms with Crippen LogP contribution in [0.5, 0.6) is 5.88 Å². The zero-order valence-electron chi connectivity index (χ0n) is 12.2. The van der Waals surface area contributed by atoms with Crippen molar-refractivity contribution < 1.29 is 9.53 Å². The van der Waals surface area contributed by atoms with Gasteiger partial charge in [-0.05, 0) is 36.2 Å². The van der Waals surface area contributed by atoms with E-state index in [1.807, 2.05) is 31.2 Å². The summed E-state index contributed by atoms with van der Waals surface area (Å²) >= 11 is 0. The summed E-state index contributed by atoms with van der Waals surface area (Å²) in [6.07, 6.45) is 1.65. The molecular weight excluding hydrogens is 266 g/mol. The normalized spacial score (nSPS) is 11.7. The zero-order valence-corrected chi connectivity index (χ0v) is 12.2. The molecule has 1 amide bonds. The highest BCUT2D eigenvalue weighted by Gasteiger charge is 2.15. The van der Waals surface area contributed by atoms with E-state index in [4.69, 9.17) is 10.5 Å². The minimum Gasteiger partial charge on any atom is -0.481 e. The summed E-state index contributed by atoms with van der Waals surface area (Å²) in [7, 11) is 1.56. The number of hydrogen-bond acceptors (Lipinski definition) is 4. The molecule has 1 atom stereocenters. The van der Waals surface area contributed by atoms with Crippen LogP contribution in [0.2, 0.25) is 0 Å². The number of hydrogen-bond donors (Lipinski definition) is 2. The Hall–Kier alpha value is -2.56. The Bertz CT molecular complexity index is 628. The molecule has 0 aliphatic heterocycles. The molecule has 3 N–H and O–H groups in total. The molecular formula is C16H19N3O2. The van der Waals surface area contributed by atoms with E-state index >= 15 is 0 Å². The maximum Gasteiger partial charge on any atom is 0.227 e. The van der Waals surface area contributed by atoms with Crippen LogP contribution >= 0.6 is 0 Å². The minimum atomic E-state index is -0.253. The van der Waals surface area contributed by atoms with E-state index in [9.17, 15) is 4.79 Å². The van der Waals surface area contributed by atoms with Gasteiger partial charge >= 0.3 is 0 Å². The Morgan fingerprint density at radius 3 is 2.90 bits per heavy atom. The molecule has 0 saturated carbocycles. The molecule has 0 radical (unpaired) electrons. The van der Waals surface area contributed by atoms with Crippen molar-refractivity contribution in [3.8, 4) is 5.88 Å². The summed E-state index contributed by atoms with van der Waals surface area (Å²) in [4.78, 5) is 16.2. The number of anilines is 1. The molecule has 0 saturated heterocycles. The summed E-state index contributed by atoms with van der Waals surface area (Å²) in [5.41, 5.74) is 8.24. The van der Waals surface area contributed by atoms with E-state index in [1.54, 1.807) is 25.4 Å². The average Bonchev–Trinajstić information content (AvgIpc) is 2.52. The van der Waals surface area contributed by atoms with Crippen molar-refractivity contribution in [2.24, 2.45) is 0 Å². The number of rotatable bonds is 5. The molecule has 1 unspecified atom stereocenters. The lowest BCUT2D eigenvalue weighted by atomic mass is 10.00. The zero-order chi connectivity index (χ0) is 15.2. The number of benzene rings is 1. The minimum absolute atomic E-state index is 0.0450. The second kappa shape index (κ2) is 6.74. The molecule has 0 aliphatic rings. The number of ether oxygens (including phenoxy) is 1. The molecule has 110 valence electrons. The monoisotopic (exact) mass is 285 g/mol. The van der Waals surface area contributed by atoms with Crippen molar-refractivity contribution in [1.82, 2.24) is 10.3 Å². The number of methoxy groups -OCH3 is 1. The van der Waals surface area contributed by atoms with Gasteiger partial charge in [-0.2, -0.15) is 0 Å². The van der Waals surface area contributed by atoms with Crippen LogP contribution in [-0.2, 0) is 11.3 Å².